The van der Waals surface area contributed by atoms with Crippen LogP contribution in [0.3, 0.4) is 0 Å². The number of phenols is 1. The van der Waals surface area contributed by atoms with Crippen LogP contribution < -0.4 is 16.7 Å². The molecule has 2 heterocycles. The number of aromatic nitrogens is 4. The monoisotopic (exact) mass is 418 g/mol. The molecule has 1 aromatic carbocycles. The normalized spacial score (nSPS) is 10.8. The fraction of sp³-hybridized carbons (Fsp3) is 0.278. The Balaban J connectivity index is 0.000000735. The number of nitrogens with zero attached hydrogens (tertiary/aromatic N) is 5. The van der Waals surface area contributed by atoms with E-state index in [4.69, 9.17) is 9.90 Å². The lowest BCUT2D eigenvalue weighted by molar-refractivity contribution is -0.134. The fourth-order valence-electron chi connectivity index (χ4n) is 2.57. The van der Waals surface area contributed by atoms with Gasteiger partial charge in [0.25, 0.3) is 11.5 Å². The van der Waals surface area contributed by atoms with Gasteiger partial charge in [0.1, 0.15) is 5.75 Å². The van der Waals surface area contributed by atoms with Crippen molar-refractivity contribution >= 4 is 29.3 Å². The van der Waals surface area contributed by atoms with E-state index in [-0.39, 0.29) is 36.0 Å². The van der Waals surface area contributed by atoms with E-state index in [1.54, 1.807) is 12.1 Å². The molecule has 12 nitrogen and oxygen atoms in total. The van der Waals surface area contributed by atoms with E-state index >= 15 is 0 Å². The molecule has 0 aliphatic heterocycles. The summed E-state index contributed by atoms with van der Waals surface area (Å²) < 4.78 is 3.73. The summed E-state index contributed by atoms with van der Waals surface area (Å²) in [6, 6.07) is 6.41. The van der Waals surface area contributed by atoms with Crippen LogP contribution in [-0.2, 0) is 25.4 Å². The van der Waals surface area contributed by atoms with E-state index in [1.807, 2.05) is 0 Å². The van der Waals surface area contributed by atoms with Crippen molar-refractivity contribution in [2.45, 2.75) is 13.5 Å². The number of aliphatic carboxylic acids is 1. The third-order valence-electron chi connectivity index (χ3n) is 3.94. The number of fused-ring (bicyclic) bond motifs is 1. The lowest BCUT2D eigenvalue weighted by Gasteiger charge is -2.07. The van der Waals surface area contributed by atoms with Gasteiger partial charge in [-0.2, -0.15) is 10.1 Å². The number of aromatic hydroxyl groups is 1. The van der Waals surface area contributed by atoms with Crippen LogP contribution in [0.25, 0.3) is 11.2 Å². The van der Waals surface area contributed by atoms with Crippen LogP contribution in [0.2, 0.25) is 0 Å². The van der Waals surface area contributed by atoms with E-state index in [0.717, 1.165) is 17.1 Å². The predicted octanol–water partition coefficient (Wildman–Crippen LogP) is -0.331. The average Bonchev–Trinajstić information content (AvgIpc) is 3.05. The number of hydrazone groups is 1. The number of aryl methyl sites for hydroxylation is 1. The molecule has 0 radical (unpaired) electrons. The average molecular weight is 418 g/mol. The van der Waals surface area contributed by atoms with Crippen LogP contribution in [0.5, 0.6) is 5.75 Å². The van der Waals surface area contributed by atoms with Crippen LogP contribution in [0, 0.1) is 0 Å². The zero-order valence-electron chi connectivity index (χ0n) is 16.6. The molecule has 0 unspecified atom stereocenters. The first-order chi connectivity index (χ1) is 14.2. The van der Waals surface area contributed by atoms with Crippen molar-refractivity contribution in [3.8, 4) is 5.75 Å². The maximum absolute atomic E-state index is 12.5. The van der Waals surface area contributed by atoms with Crippen LogP contribution in [0.4, 0.5) is 5.95 Å². The zero-order chi connectivity index (χ0) is 22.4. The number of carboxylic acids is 1. The Morgan fingerprint density at radius 2 is 1.80 bits per heavy atom. The number of rotatable bonds is 5. The lowest BCUT2D eigenvalue weighted by Crippen LogP contribution is -2.37. The number of carbonyl (C=O) groups is 1. The molecule has 0 fully saturated rings. The quantitative estimate of drug-likeness (QED) is 0.323. The highest BCUT2D eigenvalue weighted by Gasteiger charge is 2.18. The molecule has 0 amide bonds. The number of nitrogens with one attached hydrogen (secondary N) is 1. The number of hydrogen-bond acceptors (Lipinski definition) is 8. The maximum Gasteiger partial charge on any atom is 0.332 e. The molecule has 0 bridgehead atoms. The summed E-state index contributed by atoms with van der Waals surface area (Å²) in [6.45, 7) is 0.981. The minimum absolute atomic E-state index is 0.112. The molecule has 0 aliphatic carbocycles. The number of anilines is 1. The predicted molar refractivity (Wildman–Crippen MR) is 110 cm³/mol. The van der Waals surface area contributed by atoms with E-state index in [2.05, 4.69) is 15.5 Å². The van der Waals surface area contributed by atoms with E-state index < -0.39 is 17.2 Å². The Labute approximate surface area is 170 Å². The molecule has 30 heavy (non-hydrogen) atoms. The Morgan fingerprint density at radius 3 is 2.37 bits per heavy atom. The largest absolute Gasteiger partial charge is 0.508 e. The highest BCUT2D eigenvalue weighted by atomic mass is 16.4. The van der Waals surface area contributed by atoms with E-state index in [1.165, 1.54) is 41.6 Å². The highest BCUT2D eigenvalue weighted by molar-refractivity contribution is 5.80. The minimum Gasteiger partial charge on any atom is -0.508 e. The topological polar surface area (TPSA) is 164 Å². The lowest BCUT2D eigenvalue weighted by atomic mass is 10.2. The summed E-state index contributed by atoms with van der Waals surface area (Å²) >= 11 is 0. The van der Waals surface area contributed by atoms with Gasteiger partial charge in [0.2, 0.25) is 5.95 Å². The molecule has 0 atom stereocenters. The fourth-order valence-corrected chi connectivity index (χ4v) is 2.57. The number of phenolic OH excluding ortho intramolecular Hbond substituents is 1. The maximum atomic E-state index is 12.5. The van der Waals surface area contributed by atoms with Gasteiger partial charge in [-0.1, -0.05) is 0 Å². The van der Waals surface area contributed by atoms with Crippen molar-refractivity contribution < 1.29 is 20.1 Å². The van der Waals surface area contributed by atoms with E-state index in [0.29, 0.717) is 0 Å². The van der Waals surface area contributed by atoms with Gasteiger partial charge in [0, 0.05) is 27.6 Å². The van der Waals surface area contributed by atoms with Gasteiger partial charge in [-0.3, -0.25) is 18.7 Å². The first-order valence-corrected chi connectivity index (χ1v) is 8.72. The molecule has 2 aromatic heterocycles. The summed E-state index contributed by atoms with van der Waals surface area (Å²) in [5, 5.41) is 30.1. The first kappa shape index (κ1) is 22.4. The molecule has 0 saturated heterocycles. The van der Waals surface area contributed by atoms with Crippen LogP contribution in [0.1, 0.15) is 12.5 Å². The summed E-state index contributed by atoms with van der Waals surface area (Å²) in [7, 11) is 2.90. The molecular formula is C18H22N6O6. The molecule has 12 heteroatoms. The molecular weight excluding hydrogens is 396 g/mol. The molecule has 3 rings (SSSR count). The van der Waals surface area contributed by atoms with Gasteiger partial charge < -0.3 is 19.9 Å². The first-order valence-electron chi connectivity index (χ1n) is 8.72. The minimum atomic E-state index is -0.833. The second-order valence-corrected chi connectivity index (χ2v) is 6.17. The highest BCUT2D eigenvalue weighted by Crippen LogP contribution is 2.15. The van der Waals surface area contributed by atoms with Gasteiger partial charge in [-0.05, 0) is 29.8 Å². The molecule has 3 aromatic rings. The molecule has 0 saturated carbocycles. The van der Waals surface area contributed by atoms with Gasteiger partial charge in [0.15, 0.2) is 11.2 Å². The Hall–Kier alpha value is -3.93. The van der Waals surface area contributed by atoms with Crippen molar-refractivity contribution in [1.82, 2.24) is 18.7 Å². The summed E-state index contributed by atoms with van der Waals surface area (Å²) in [6.07, 6.45) is 1.51. The van der Waals surface area contributed by atoms with Crippen molar-refractivity contribution in [3.63, 3.8) is 0 Å². The Bertz CT molecular complexity index is 1190. The SMILES string of the molecule is CC(=O)O.Cn1c(=O)c2c(nc(N/N=C/c3ccc(O)cc3)n2CCO)n(C)c1=O. The zero-order valence-corrected chi connectivity index (χ0v) is 16.6. The van der Waals surface area contributed by atoms with E-state index in [9.17, 15) is 19.8 Å². The molecule has 160 valence electrons. The van der Waals surface area contributed by atoms with Crippen LogP contribution in [-0.4, -0.2) is 52.8 Å². The van der Waals surface area contributed by atoms with Crippen molar-refractivity contribution in [3.05, 3.63) is 50.7 Å². The second-order valence-electron chi connectivity index (χ2n) is 6.17. The number of aliphatic hydroxyl groups excluding tert-OH is 1. The van der Waals surface area contributed by atoms with Gasteiger partial charge in [-0.15, -0.1) is 0 Å². The molecule has 0 aliphatic rings. The number of aliphatic hydroxyl groups is 1. The number of imidazole rings is 1. The summed E-state index contributed by atoms with van der Waals surface area (Å²) in [4.78, 5) is 37.8. The molecule has 0 spiro atoms. The summed E-state index contributed by atoms with van der Waals surface area (Å²) in [5.41, 5.74) is 2.88. The third-order valence-corrected chi connectivity index (χ3v) is 3.94. The standard InChI is InChI=1S/C16H18N6O4.C2H4O2/c1-20-13-12(14(25)21(2)16(20)26)22(7-8-23)15(18-13)19-17-9-10-3-5-11(24)6-4-10;1-2(3)4/h3-6,9,23-24H,7-8H2,1-2H3,(H,18,19);1H3,(H,3,4)/b17-9+;. The Morgan fingerprint density at radius 1 is 1.20 bits per heavy atom. The van der Waals surface area contributed by atoms with Gasteiger partial charge in [0.05, 0.1) is 12.8 Å². The number of hydrogen-bond donors (Lipinski definition) is 4. The molecule has 4 N–H and O–H groups in total. The van der Waals surface area contributed by atoms with Crippen LogP contribution >= 0.6 is 0 Å². The van der Waals surface area contributed by atoms with Crippen LogP contribution in [0.15, 0.2) is 39.0 Å². The van der Waals surface area contributed by atoms with Gasteiger partial charge in [-0.25, -0.2) is 10.2 Å². The van der Waals surface area contributed by atoms with Gasteiger partial charge >= 0.3 is 5.69 Å². The second kappa shape index (κ2) is 9.52. The van der Waals surface area contributed by atoms with Crippen molar-refractivity contribution in [1.29, 1.82) is 0 Å². The smallest absolute Gasteiger partial charge is 0.332 e. The Kier molecular flexibility index (Phi) is 7.09. The summed E-state index contributed by atoms with van der Waals surface area (Å²) in [5.74, 6) is -0.459. The van der Waals surface area contributed by atoms with Crippen molar-refractivity contribution in [2.24, 2.45) is 19.2 Å². The number of benzene rings is 1. The number of carboxylic acid groups (broad SMARTS) is 1. The van der Waals surface area contributed by atoms with Crippen molar-refractivity contribution in [2.75, 3.05) is 12.0 Å². The third kappa shape index (κ3) is 4.91.